The minimum atomic E-state index is -0.691. The summed E-state index contributed by atoms with van der Waals surface area (Å²) in [5.74, 6) is 0. The molecule has 0 spiro atoms. The molecule has 30 heavy (non-hydrogen) atoms. The summed E-state index contributed by atoms with van der Waals surface area (Å²) >= 11 is 5.29. The van der Waals surface area contributed by atoms with Crippen molar-refractivity contribution >= 4 is 45.8 Å². The smallest absolute Gasteiger partial charge is 0.301 e. The molecule has 0 atom stereocenters. The number of hydrazone groups is 1. The molecule has 0 amide bonds. The number of rotatable bonds is 9. The van der Waals surface area contributed by atoms with Crippen molar-refractivity contribution in [2.24, 2.45) is 5.10 Å². The molecule has 0 radical (unpaired) electrons. The number of nitro benzene ring substituents is 2. The highest BCUT2D eigenvalue weighted by Gasteiger charge is 2.19. The Bertz CT molecular complexity index is 962. The maximum absolute atomic E-state index is 11.2. The Balaban J connectivity index is 2.05. The number of aryl methyl sites for hydroxylation is 1. The van der Waals surface area contributed by atoms with Crippen LogP contribution in [-0.2, 0) is 0 Å². The van der Waals surface area contributed by atoms with Gasteiger partial charge in [0.2, 0.25) is 0 Å². The van der Waals surface area contributed by atoms with E-state index in [-0.39, 0.29) is 11.4 Å². The van der Waals surface area contributed by atoms with E-state index in [1.807, 2.05) is 38.1 Å². The van der Waals surface area contributed by atoms with Crippen molar-refractivity contribution in [1.29, 1.82) is 0 Å². The Labute approximate surface area is 178 Å². The minimum Gasteiger partial charge on any atom is -0.357 e. The fraction of sp³-hybridized carbons (Fsp3) is 0.263. The van der Waals surface area contributed by atoms with Gasteiger partial charge < -0.3 is 10.6 Å². The van der Waals surface area contributed by atoms with Crippen LogP contribution < -0.4 is 16.1 Å². The molecule has 10 nitrogen and oxygen atoms in total. The number of nitrogens with zero attached hydrogens (tertiary/aromatic N) is 3. The molecule has 0 aromatic heterocycles. The fourth-order valence-corrected chi connectivity index (χ4v) is 2.68. The zero-order chi connectivity index (χ0) is 22.1. The molecule has 158 valence electrons. The lowest BCUT2D eigenvalue weighted by molar-refractivity contribution is -0.393. The molecule has 0 aliphatic carbocycles. The summed E-state index contributed by atoms with van der Waals surface area (Å²) in [7, 11) is 0. The van der Waals surface area contributed by atoms with E-state index in [1.54, 1.807) is 0 Å². The topological polar surface area (TPSA) is 135 Å². The predicted molar refractivity (Wildman–Crippen MR) is 121 cm³/mol. The molecule has 2 aromatic rings. The average molecular weight is 430 g/mol. The maximum Gasteiger partial charge on any atom is 0.301 e. The van der Waals surface area contributed by atoms with Crippen molar-refractivity contribution in [2.45, 2.75) is 26.7 Å². The highest BCUT2D eigenvalue weighted by Crippen LogP contribution is 2.28. The molecular formula is C19H22N6O4S. The third kappa shape index (κ3) is 6.78. The molecular weight excluding hydrogens is 408 g/mol. The SMILES string of the molecule is CCC/C(CNC(=S)Nc1ccc(C)cc1)=N\Nc1ccc([N+](=O)[O-])cc1[N+](=O)[O-]. The number of hydrogen-bond acceptors (Lipinski definition) is 7. The number of non-ortho nitro benzene ring substituents is 1. The average Bonchev–Trinajstić information content (AvgIpc) is 2.71. The number of hydrogen-bond donors (Lipinski definition) is 3. The van der Waals surface area contributed by atoms with E-state index in [0.717, 1.165) is 23.7 Å². The first kappa shape index (κ1) is 22.7. The molecule has 0 aliphatic rings. The molecule has 0 heterocycles. The molecule has 0 saturated heterocycles. The second kappa shape index (κ2) is 10.8. The summed E-state index contributed by atoms with van der Waals surface area (Å²) in [6, 6.07) is 11.1. The zero-order valence-corrected chi connectivity index (χ0v) is 17.4. The highest BCUT2D eigenvalue weighted by atomic mass is 32.1. The maximum atomic E-state index is 11.2. The first-order valence-corrected chi connectivity index (χ1v) is 9.56. The van der Waals surface area contributed by atoms with Gasteiger partial charge in [0.05, 0.1) is 28.2 Å². The molecule has 2 rings (SSSR count). The highest BCUT2D eigenvalue weighted by molar-refractivity contribution is 7.80. The van der Waals surface area contributed by atoms with E-state index < -0.39 is 15.5 Å². The summed E-state index contributed by atoms with van der Waals surface area (Å²) in [6.07, 6.45) is 1.44. The first-order chi connectivity index (χ1) is 14.3. The van der Waals surface area contributed by atoms with Gasteiger partial charge in [-0.05, 0) is 43.8 Å². The first-order valence-electron chi connectivity index (χ1n) is 9.16. The summed E-state index contributed by atoms with van der Waals surface area (Å²) in [6.45, 7) is 4.31. The van der Waals surface area contributed by atoms with Crippen molar-refractivity contribution in [1.82, 2.24) is 5.32 Å². The van der Waals surface area contributed by atoms with Gasteiger partial charge in [-0.2, -0.15) is 5.10 Å². The van der Waals surface area contributed by atoms with Crippen LogP contribution in [0.3, 0.4) is 0 Å². The van der Waals surface area contributed by atoms with Gasteiger partial charge in [0.1, 0.15) is 5.69 Å². The second-order valence-electron chi connectivity index (χ2n) is 6.43. The Morgan fingerprint density at radius 3 is 2.40 bits per heavy atom. The van der Waals surface area contributed by atoms with E-state index in [4.69, 9.17) is 12.2 Å². The van der Waals surface area contributed by atoms with Crippen LogP contribution in [0.25, 0.3) is 0 Å². The molecule has 0 saturated carbocycles. The quantitative estimate of drug-likeness (QED) is 0.231. The molecule has 0 bridgehead atoms. The van der Waals surface area contributed by atoms with E-state index >= 15 is 0 Å². The molecule has 2 aromatic carbocycles. The predicted octanol–water partition coefficient (Wildman–Crippen LogP) is 4.37. The summed E-state index contributed by atoms with van der Waals surface area (Å²) in [4.78, 5) is 20.7. The second-order valence-corrected chi connectivity index (χ2v) is 6.84. The van der Waals surface area contributed by atoms with E-state index in [1.165, 1.54) is 12.1 Å². The minimum absolute atomic E-state index is 0.0690. The van der Waals surface area contributed by atoms with Crippen LogP contribution in [0, 0.1) is 27.2 Å². The number of nitrogens with one attached hydrogen (secondary N) is 3. The monoisotopic (exact) mass is 430 g/mol. The van der Waals surface area contributed by atoms with E-state index in [2.05, 4.69) is 21.2 Å². The van der Waals surface area contributed by atoms with E-state index in [9.17, 15) is 20.2 Å². The Kier molecular flexibility index (Phi) is 8.18. The van der Waals surface area contributed by atoms with Crippen LogP contribution in [0.5, 0.6) is 0 Å². The normalized spacial score (nSPS) is 10.9. The third-order valence-corrected chi connectivity index (χ3v) is 4.27. The van der Waals surface area contributed by atoms with Gasteiger partial charge in [0.25, 0.3) is 5.69 Å². The lowest BCUT2D eigenvalue weighted by Gasteiger charge is -2.12. The number of nitro groups is 2. The Morgan fingerprint density at radius 1 is 1.10 bits per heavy atom. The fourth-order valence-electron chi connectivity index (χ4n) is 2.49. The van der Waals surface area contributed by atoms with Crippen LogP contribution in [0.4, 0.5) is 22.7 Å². The summed E-state index contributed by atoms with van der Waals surface area (Å²) < 4.78 is 0. The third-order valence-electron chi connectivity index (χ3n) is 4.02. The number of benzene rings is 2. The lowest BCUT2D eigenvalue weighted by Crippen LogP contribution is -2.33. The van der Waals surface area contributed by atoms with Crippen LogP contribution in [-0.4, -0.2) is 27.2 Å². The van der Waals surface area contributed by atoms with Gasteiger partial charge in [-0.1, -0.05) is 31.0 Å². The molecule has 0 aliphatic heterocycles. The largest absolute Gasteiger partial charge is 0.357 e. The molecule has 0 unspecified atom stereocenters. The van der Waals surface area contributed by atoms with Crippen molar-refractivity contribution in [2.75, 3.05) is 17.3 Å². The van der Waals surface area contributed by atoms with Gasteiger partial charge in [-0.3, -0.25) is 25.7 Å². The number of anilines is 2. The van der Waals surface area contributed by atoms with Gasteiger partial charge in [-0.15, -0.1) is 0 Å². The van der Waals surface area contributed by atoms with Crippen molar-refractivity contribution < 1.29 is 9.85 Å². The number of thiocarbonyl (C=S) groups is 1. The van der Waals surface area contributed by atoms with Gasteiger partial charge >= 0.3 is 5.69 Å². The summed E-state index contributed by atoms with van der Waals surface area (Å²) in [5.41, 5.74) is 4.62. The molecule has 3 N–H and O–H groups in total. The lowest BCUT2D eigenvalue weighted by atomic mass is 10.2. The standard InChI is InChI=1S/C19H22N6O4S/c1-3-4-15(12-20-19(30)21-14-7-5-13(2)6-8-14)22-23-17-10-9-16(24(26)27)11-18(17)25(28)29/h5-11,23H,3-4,12H2,1-2H3,(H2,20,21,30)/b22-15+. The van der Waals surface area contributed by atoms with Crippen molar-refractivity contribution in [3.05, 3.63) is 68.3 Å². The van der Waals surface area contributed by atoms with Crippen LogP contribution >= 0.6 is 12.2 Å². The molecule has 11 heteroatoms. The van der Waals surface area contributed by atoms with Crippen LogP contribution in [0.15, 0.2) is 47.6 Å². The Hall–Kier alpha value is -3.60. The van der Waals surface area contributed by atoms with Crippen molar-refractivity contribution in [3.63, 3.8) is 0 Å². The van der Waals surface area contributed by atoms with E-state index in [0.29, 0.717) is 23.8 Å². The Morgan fingerprint density at radius 2 is 1.80 bits per heavy atom. The van der Waals surface area contributed by atoms with Crippen molar-refractivity contribution in [3.8, 4) is 0 Å². The zero-order valence-electron chi connectivity index (χ0n) is 16.5. The van der Waals surface area contributed by atoms with Gasteiger partial charge in [0.15, 0.2) is 5.11 Å². The van der Waals surface area contributed by atoms with Crippen LogP contribution in [0.1, 0.15) is 25.3 Å². The summed E-state index contributed by atoms with van der Waals surface area (Å²) in [5, 5.41) is 32.9. The molecule has 0 fully saturated rings. The van der Waals surface area contributed by atoms with Gasteiger partial charge in [0, 0.05) is 11.8 Å². The van der Waals surface area contributed by atoms with Crippen LogP contribution in [0.2, 0.25) is 0 Å². The van der Waals surface area contributed by atoms with Gasteiger partial charge in [-0.25, -0.2) is 0 Å².